The van der Waals surface area contributed by atoms with Crippen LogP contribution in [0.2, 0.25) is 0 Å². The van der Waals surface area contributed by atoms with Gasteiger partial charge < -0.3 is 32.3 Å². The maximum atomic E-state index is 12.5. The van der Waals surface area contributed by atoms with Crippen molar-refractivity contribution < 1.29 is 40.9 Å². The molecule has 2 amide bonds. The molecule has 10 N–H and O–H groups in total. The molecule has 0 aromatic heterocycles. The SMILES string of the molecule is Nc1c(S(=O)(=O)O)cc2cc(NC(=O)Nc3ccc4c(O)c(N)c(S(=O)(=O)O)cc4c3)ccc2c1O. The zero-order chi connectivity index (χ0) is 26.6. The van der Waals surface area contributed by atoms with Crippen molar-refractivity contribution in [3.8, 4) is 11.5 Å². The minimum Gasteiger partial charge on any atom is -0.505 e. The van der Waals surface area contributed by atoms with E-state index in [1.807, 2.05) is 0 Å². The first kappa shape index (κ1) is 24.8. The predicted molar refractivity (Wildman–Crippen MR) is 132 cm³/mol. The molecule has 0 atom stereocenters. The molecule has 4 rings (SSSR count). The van der Waals surface area contributed by atoms with Crippen LogP contribution in [0.5, 0.6) is 11.5 Å². The van der Waals surface area contributed by atoms with Crippen molar-refractivity contribution in [2.45, 2.75) is 9.79 Å². The Kier molecular flexibility index (Phi) is 5.80. The van der Waals surface area contributed by atoms with Gasteiger partial charge in [-0.25, -0.2) is 4.79 Å². The van der Waals surface area contributed by atoms with E-state index in [1.54, 1.807) is 0 Å². The minimum atomic E-state index is -4.72. The van der Waals surface area contributed by atoms with Crippen molar-refractivity contribution >= 4 is 70.6 Å². The number of aromatic hydroxyl groups is 2. The molecule has 0 aliphatic carbocycles. The number of nitrogens with two attached hydrogens (primary N) is 2. The lowest BCUT2D eigenvalue weighted by Crippen LogP contribution is -2.19. The van der Waals surface area contributed by atoms with Gasteiger partial charge in [-0.3, -0.25) is 9.11 Å². The van der Waals surface area contributed by atoms with Gasteiger partial charge in [0, 0.05) is 22.1 Å². The van der Waals surface area contributed by atoms with Crippen LogP contribution >= 0.6 is 0 Å². The van der Waals surface area contributed by atoms with Crippen LogP contribution in [0.25, 0.3) is 21.5 Å². The highest BCUT2D eigenvalue weighted by Gasteiger charge is 2.21. The summed E-state index contributed by atoms with van der Waals surface area (Å²) in [5.74, 6) is -1.11. The van der Waals surface area contributed by atoms with E-state index >= 15 is 0 Å². The first-order valence-corrected chi connectivity index (χ1v) is 12.7. The highest BCUT2D eigenvalue weighted by atomic mass is 32.2. The van der Waals surface area contributed by atoms with Gasteiger partial charge in [-0.05, 0) is 59.3 Å². The molecule has 4 aromatic rings. The number of phenols is 2. The number of anilines is 4. The molecule has 0 saturated heterocycles. The van der Waals surface area contributed by atoms with Gasteiger partial charge in [-0.2, -0.15) is 16.8 Å². The number of rotatable bonds is 4. The van der Waals surface area contributed by atoms with Crippen LogP contribution in [0, 0.1) is 0 Å². The van der Waals surface area contributed by atoms with E-state index in [-0.39, 0.29) is 32.9 Å². The normalized spacial score (nSPS) is 12.1. The number of phenolic OH excluding ortho intramolecular Hbond substituents is 2. The van der Waals surface area contributed by atoms with Crippen molar-refractivity contribution in [2.24, 2.45) is 0 Å². The van der Waals surface area contributed by atoms with E-state index in [2.05, 4.69) is 10.6 Å². The van der Waals surface area contributed by atoms with Gasteiger partial charge in [0.05, 0.1) is 11.4 Å². The number of nitrogens with one attached hydrogen (secondary N) is 2. The molecule has 0 radical (unpaired) electrons. The number of amides is 2. The molecule has 0 spiro atoms. The number of nitrogen functional groups attached to an aromatic ring is 2. The Labute approximate surface area is 203 Å². The second-order valence-corrected chi connectivity index (χ2v) is 10.5. The van der Waals surface area contributed by atoms with Gasteiger partial charge in [0.25, 0.3) is 20.2 Å². The number of carbonyl (C=O) groups excluding carboxylic acids is 1. The summed E-state index contributed by atoms with van der Waals surface area (Å²) < 4.78 is 64.8. The maximum absolute atomic E-state index is 12.5. The maximum Gasteiger partial charge on any atom is 0.323 e. The van der Waals surface area contributed by atoms with Crippen LogP contribution in [0.1, 0.15) is 0 Å². The van der Waals surface area contributed by atoms with Crippen LogP contribution in [-0.4, -0.2) is 42.2 Å². The lowest BCUT2D eigenvalue weighted by molar-refractivity contribution is 0.262. The summed E-state index contributed by atoms with van der Waals surface area (Å²) in [6.45, 7) is 0. The summed E-state index contributed by atoms with van der Waals surface area (Å²) in [5.41, 5.74) is 10.5. The topological polar surface area (TPSA) is 242 Å². The average Bonchev–Trinajstić information content (AvgIpc) is 2.77. The molecule has 0 bridgehead atoms. The van der Waals surface area contributed by atoms with Crippen molar-refractivity contribution in [2.75, 3.05) is 22.1 Å². The van der Waals surface area contributed by atoms with Crippen LogP contribution in [0.15, 0.2) is 58.3 Å². The first-order valence-electron chi connectivity index (χ1n) is 9.80. The summed E-state index contributed by atoms with van der Waals surface area (Å²) in [7, 11) is -9.45. The van der Waals surface area contributed by atoms with Crippen molar-refractivity contribution in [1.29, 1.82) is 0 Å². The summed E-state index contributed by atoms with van der Waals surface area (Å²) in [4.78, 5) is 11.1. The lowest BCUT2D eigenvalue weighted by atomic mass is 10.1. The molecule has 4 aromatic carbocycles. The predicted octanol–water partition coefficient (Wildman–Crippen LogP) is 2.71. The van der Waals surface area contributed by atoms with Crippen molar-refractivity contribution in [3.63, 3.8) is 0 Å². The number of carbonyl (C=O) groups is 1. The molecule has 15 heteroatoms. The largest absolute Gasteiger partial charge is 0.505 e. The van der Waals surface area contributed by atoms with Crippen LogP contribution in [0.3, 0.4) is 0 Å². The van der Waals surface area contributed by atoms with E-state index in [0.29, 0.717) is 0 Å². The fourth-order valence-corrected chi connectivity index (χ4v) is 4.93. The van der Waals surface area contributed by atoms with E-state index in [0.717, 1.165) is 12.1 Å². The van der Waals surface area contributed by atoms with Gasteiger partial charge in [0.2, 0.25) is 0 Å². The zero-order valence-corrected chi connectivity index (χ0v) is 19.6. The highest BCUT2D eigenvalue weighted by Crippen LogP contribution is 2.38. The number of hydrogen-bond acceptors (Lipinski definition) is 9. The molecule has 0 heterocycles. The third-order valence-corrected chi connectivity index (χ3v) is 7.09. The standard InChI is InChI=1S/C21H18N4O9S2/c22-17-15(35(29,30)31)7-9-5-11(1-3-13(9)19(17)26)24-21(28)25-12-2-4-14-10(6-12)8-16(36(32,33)34)18(23)20(14)27/h1-8,26-27H,22-23H2,(H2,24,25,28)(H,29,30,31)(H,32,33,34). The molecule has 36 heavy (non-hydrogen) atoms. The van der Waals surface area contributed by atoms with Crippen LogP contribution in [-0.2, 0) is 20.2 Å². The summed E-state index contributed by atoms with van der Waals surface area (Å²) >= 11 is 0. The molecule has 0 fully saturated rings. The van der Waals surface area contributed by atoms with Crippen LogP contribution < -0.4 is 22.1 Å². The van der Waals surface area contributed by atoms with Gasteiger partial charge in [-0.15, -0.1) is 0 Å². The summed E-state index contributed by atoms with van der Waals surface area (Å²) in [6, 6.07) is 9.58. The molecule has 13 nitrogen and oxygen atoms in total. The third kappa shape index (κ3) is 4.50. The van der Waals surface area contributed by atoms with E-state index in [4.69, 9.17) is 11.5 Å². The Morgan fingerprint density at radius 3 is 1.36 bits per heavy atom. The average molecular weight is 535 g/mol. The molecular formula is C21H18N4O9S2. The lowest BCUT2D eigenvalue weighted by Gasteiger charge is -2.13. The van der Waals surface area contributed by atoms with Gasteiger partial charge in [-0.1, -0.05) is 0 Å². The number of fused-ring (bicyclic) bond motifs is 2. The number of urea groups is 1. The van der Waals surface area contributed by atoms with Gasteiger partial charge >= 0.3 is 6.03 Å². The Morgan fingerprint density at radius 1 is 0.667 bits per heavy atom. The second-order valence-electron chi connectivity index (χ2n) is 7.68. The smallest absolute Gasteiger partial charge is 0.323 e. The van der Waals surface area contributed by atoms with Crippen molar-refractivity contribution in [1.82, 2.24) is 0 Å². The van der Waals surface area contributed by atoms with Crippen LogP contribution in [0.4, 0.5) is 27.5 Å². The molecular weight excluding hydrogens is 516 g/mol. The fraction of sp³-hybridized carbons (Fsp3) is 0. The molecule has 0 unspecified atom stereocenters. The molecule has 0 saturated carbocycles. The molecule has 188 valence electrons. The molecule has 0 aliphatic heterocycles. The Morgan fingerprint density at radius 2 is 1.03 bits per heavy atom. The monoisotopic (exact) mass is 534 g/mol. The van der Waals surface area contributed by atoms with E-state index in [1.165, 1.54) is 36.4 Å². The number of hydrogen-bond donors (Lipinski definition) is 8. The fourth-order valence-electron chi connectivity index (χ4n) is 3.63. The quantitative estimate of drug-likeness (QED) is 0.107. The highest BCUT2D eigenvalue weighted by molar-refractivity contribution is 7.86. The van der Waals surface area contributed by atoms with E-state index < -0.39 is 58.9 Å². The first-order chi connectivity index (χ1) is 16.7. The van der Waals surface area contributed by atoms with Crippen molar-refractivity contribution in [3.05, 3.63) is 48.5 Å². The summed E-state index contributed by atoms with van der Waals surface area (Å²) in [6.07, 6.45) is 0. The zero-order valence-electron chi connectivity index (χ0n) is 17.9. The summed E-state index contributed by atoms with van der Waals surface area (Å²) in [5, 5.41) is 26.0. The minimum absolute atomic E-state index is 0.156. The van der Waals surface area contributed by atoms with Gasteiger partial charge in [0.15, 0.2) is 0 Å². The number of benzene rings is 4. The molecule has 0 aliphatic rings. The third-order valence-electron chi connectivity index (χ3n) is 5.30. The van der Waals surface area contributed by atoms with Gasteiger partial charge in [0.1, 0.15) is 21.3 Å². The van der Waals surface area contributed by atoms with E-state index in [9.17, 15) is 40.9 Å². The Balaban J connectivity index is 1.64. The second kappa shape index (κ2) is 8.42. The Bertz CT molecular complexity index is 1670. The Hall–Kier alpha value is -4.31.